The molecule has 0 saturated carbocycles. The molecule has 2 aromatic rings. The molecule has 6 nitrogen and oxygen atoms in total. The molecule has 0 aliphatic carbocycles. The van der Waals surface area contributed by atoms with E-state index in [4.69, 9.17) is 0 Å². The predicted molar refractivity (Wildman–Crippen MR) is 68.4 cm³/mol. The van der Waals surface area contributed by atoms with Gasteiger partial charge in [0.2, 0.25) is 5.91 Å². The van der Waals surface area contributed by atoms with Crippen molar-refractivity contribution in [2.75, 3.05) is 5.32 Å². The van der Waals surface area contributed by atoms with E-state index in [9.17, 15) is 9.59 Å². The van der Waals surface area contributed by atoms with E-state index in [1.807, 2.05) is 12.3 Å². The summed E-state index contributed by atoms with van der Waals surface area (Å²) in [5, 5.41) is 7.31. The van der Waals surface area contributed by atoms with Crippen LogP contribution in [0.15, 0.2) is 23.8 Å². The van der Waals surface area contributed by atoms with Crippen molar-refractivity contribution in [1.82, 2.24) is 15.3 Å². The number of hydrogen-bond acceptors (Lipinski definition) is 4. The van der Waals surface area contributed by atoms with E-state index in [1.54, 1.807) is 11.6 Å². The summed E-state index contributed by atoms with van der Waals surface area (Å²) in [6.07, 6.45) is 3.60. The number of amides is 2. The van der Waals surface area contributed by atoms with Crippen molar-refractivity contribution in [2.24, 2.45) is 0 Å². The monoisotopic (exact) mass is 264 g/mol. The highest BCUT2D eigenvalue weighted by atomic mass is 32.1. The Morgan fingerprint density at radius 3 is 3.00 bits per heavy atom. The topological polar surface area (TPSA) is 86.9 Å². The molecule has 2 aromatic heterocycles. The fourth-order valence-corrected chi connectivity index (χ4v) is 2.06. The van der Waals surface area contributed by atoms with Crippen LogP contribution in [0.3, 0.4) is 0 Å². The van der Waals surface area contributed by atoms with Gasteiger partial charge in [-0.25, -0.2) is 4.98 Å². The zero-order valence-corrected chi connectivity index (χ0v) is 10.5. The second-order valence-electron chi connectivity index (χ2n) is 3.62. The molecule has 0 aliphatic rings. The predicted octanol–water partition coefficient (Wildman–Crippen LogP) is 1.36. The van der Waals surface area contributed by atoms with Crippen LogP contribution < -0.4 is 10.6 Å². The molecule has 3 N–H and O–H groups in total. The highest BCUT2D eigenvalue weighted by Gasteiger charge is 2.10. The zero-order valence-electron chi connectivity index (χ0n) is 9.69. The maximum Gasteiger partial charge on any atom is 0.271 e. The summed E-state index contributed by atoms with van der Waals surface area (Å²) in [5.74, 6) is -0.465. The first-order valence-electron chi connectivity index (χ1n) is 5.28. The fourth-order valence-electron chi connectivity index (χ4n) is 1.33. The van der Waals surface area contributed by atoms with Crippen molar-refractivity contribution >= 4 is 28.3 Å². The maximum absolute atomic E-state index is 11.7. The van der Waals surface area contributed by atoms with Gasteiger partial charge in [-0.1, -0.05) is 0 Å². The molecule has 0 spiro atoms. The van der Waals surface area contributed by atoms with E-state index in [-0.39, 0.29) is 11.8 Å². The fraction of sp³-hybridized carbons (Fsp3) is 0.182. The third kappa shape index (κ3) is 3.17. The first kappa shape index (κ1) is 12.3. The summed E-state index contributed by atoms with van der Waals surface area (Å²) in [7, 11) is 0. The Hall–Kier alpha value is -2.15. The number of nitrogens with one attached hydrogen (secondary N) is 3. The van der Waals surface area contributed by atoms with Crippen LogP contribution in [0.25, 0.3) is 0 Å². The Balaban J connectivity index is 1.92. The minimum absolute atomic E-state index is 0.205. The van der Waals surface area contributed by atoms with Crippen LogP contribution >= 0.6 is 11.3 Å². The number of nitrogens with zero attached hydrogens (tertiary/aromatic N) is 1. The van der Waals surface area contributed by atoms with Crippen LogP contribution in [-0.4, -0.2) is 21.8 Å². The lowest BCUT2D eigenvalue weighted by Gasteiger charge is -2.00. The van der Waals surface area contributed by atoms with Crippen LogP contribution in [0.4, 0.5) is 5.13 Å². The molecule has 0 aliphatic heterocycles. The van der Waals surface area contributed by atoms with Crippen molar-refractivity contribution in [3.8, 4) is 0 Å². The lowest BCUT2D eigenvalue weighted by molar-refractivity contribution is -0.114. The van der Waals surface area contributed by atoms with E-state index in [0.717, 1.165) is 5.56 Å². The van der Waals surface area contributed by atoms with Crippen LogP contribution in [0.5, 0.6) is 0 Å². The van der Waals surface area contributed by atoms with Crippen LogP contribution in [0, 0.1) is 0 Å². The normalized spacial score (nSPS) is 10.1. The molecule has 2 amide bonds. The molecule has 0 unspecified atom stereocenters. The SMILES string of the molecule is CC(=O)Nc1nc(C(=O)NCc2cc[nH]c2)cs1. The number of H-pyrrole nitrogens is 1. The molecule has 94 valence electrons. The van der Waals surface area contributed by atoms with Crippen LogP contribution in [0.2, 0.25) is 0 Å². The minimum Gasteiger partial charge on any atom is -0.367 e. The third-order valence-electron chi connectivity index (χ3n) is 2.14. The summed E-state index contributed by atoms with van der Waals surface area (Å²) in [6, 6.07) is 1.88. The highest BCUT2D eigenvalue weighted by Crippen LogP contribution is 2.15. The van der Waals surface area contributed by atoms with Gasteiger partial charge in [-0.3, -0.25) is 9.59 Å². The second kappa shape index (κ2) is 5.46. The zero-order chi connectivity index (χ0) is 13.0. The van der Waals surface area contributed by atoms with Gasteiger partial charge in [-0.15, -0.1) is 11.3 Å². The lowest BCUT2D eigenvalue weighted by Crippen LogP contribution is -2.22. The summed E-state index contributed by atoms with van der Waals surface area (Å²) in [6.45, 7) is 1.84. The number of carbonyl (C=O) groups excluding carboxylic acids is 2. The van der Waals surface area contributed by atoms with Gasteiger partial charge in [0, 0.05) is 31.2 Å². The van der Waals surface area contributed by atoms with Gasteiger partial charge in [0.05, 0.1) is 0 Å². The van der Waals surface area contributed by atoms with Gasteiger partial charge in [-0.05, 0) is 11.6 Å². The van der Waals surface area contributed by atoms with E-state index in [0.29, 0.717) is 17.4 Å². The molecule has 2 rings (SSSR count). The summed E-state index contributed by atoms with van der Waals surface area (Å²) >= 11 is 1.22. The van der Waals surface area contributed by atoms with Gasteiger partial charge in [0.1, 0.15) is 5.69 Å². The number of rotatable bonds is 4. The van der Waals surface area contributed by atoms with Crippen molar-refractivity contribution in [2.45, 2.75) is 13.5 Å². The van der Waals surface area contributed by atoms with Gasteiger partial charge in [0.15, 0.2) is 5.13 Å². The molecular formula is C11H12N4O2S. The second-order valence-corrected chi connectivity index (χ2v) is 4.48. The van der Waals surface area contributed by atoms with Crippen LogP contribution in [0.1, 0.15) is 23.0 Å². The number of hydrogen-bond donors (Lipinski definition) is 3. The van der Waals surface area contributed by atoms with Crippen molar-refractivity contribution < 1.29 is 9.59 Å². The number of aromatic nitrogens is 2. The van der Waals surface area contributed by atoms with E-state index in [2.05, 4.69) is 20.6 Å². The molecule has 0 fully saturated rings. The van der Waals surface area contributed by atoms with Crippen molar-refractivity contribution in [1.29, 1.82) is 0 Å². The quantitative estimate of drug-likeness (QED) is 0.779. The average molecular weight is 264 g/mol. The van der Waals surface area contributed by atoms with Crippen molar-refractivity contribution in [3.05, 3.63) is 35.1 Å². The number of aromatic amines is 1. The Morgan fingerprint density at radius 1 is 1.50 bits per heavy atom. The first-order valence-corrected chi connectivity index (χ1v) is 6.16. The summed E-state index contributed by atoms with van der Waals surface area (Å²) < 4.78 is 0. The number of anilines is 1. The maximum atomic E-state index is 11.7. The Labute approximate surface area is 107 Å². The van der Waals surface area contributed by atoms with Gasteiger partial charge in [0.25, 0.3) is 5.91 Å². The number of carbonyl (C=O) groups is 2. The van der Waals surface area contributed by atoms with E-state index < -0.39 is 0 Å². The molecule has 18 heavy (non-hydrogen) atoms. The van der Waals surface area contributed by atoms with Crippen molar-refractivity contribution in [3.63, 3.8) is 0 Å². The van der Waals surface area contributed by atoms with E-state index in [1.165, 1.54) is 18.3 Å². The standard InChI is InChI=1S/C11H12N4O2S/c1-7(16)14-11-15-9(6-18-11)10(17)13-5-8-2-3-12-4-8/h2-4,6,12H,5H2,1H3,(H,13,17)(H,14,15,16). The molecule has 0 atom stereocenters. The van der Waals surface area contributed by atoms with Gasteiger partial charge in [-0.2, -0.15) is 0 Å². The van der Waals surface area contributed by atoms with E-state index >= 15 is 0 Å². The minimum atomic E-state index is -0.260. The Morgan fingerprint density at radius 2 is 2.33 bits per heavy atom. The highest BCUT2D eigenvalue weighted by molar-refractivity contribution is 7.14. The van der Waals surface area contributed by atoms with Crippen LogP contribution in [-0.2, 0) is 11.3 Å². The molecule has 0 saturated heterocycles. The average Bonchev–Trinajstić information content (AvgIpc) is 2.95. The molecule has 0 radical (unpaired) electrons. The van der Waals surface area contributed by atoms with Gasteiger partial charge >= 0.3 is 0 Å². The molecule has 0 bridgehead atoms. The third-order valence-corrected chi connectivity index (χ3v) is 2.89. The smallest absolute Gasteiger partial charge is 0.271 e. The largest absolute Gasteiger partial charge is 0.367 e. The summed E-state index contributed by atoms with van der Waals surface area (Å²) in [5.41, 5.74) is 1.29. The number of thiazole rings is 1. The Bertz CT molecular complexity index is 547. The Kier molecular flexibility index (Phi) is 3.73. The molecule has 2 heterocycles. The first-order chi connectivity index (χ1) is 8.65. The molecule has 0 aromatic carbocycles. The molecule has 7 heteroatoms. The lowest BCUT2D eigenvalue weighted by atomic mass is 10.3. The summed E-state index contributed by atoms with van der Waals surface area (Å²) in [4.78, 5) is 29.5. The molecular weight excluding hydrogens is 252 g/mol. The van der Waals surface area contributed by atoms with Gasteiger partial charge < -0.3 is 15.6 Å².